The third-order valence-electron chi connectivity index (χ3n) is 4.08. The molecule has 1 aromatic rings. The lowest BCUT2D eigenvalue weighted by Crippen LogP contribution is -2.23. The van der Waals surface area contributed by atoms with Gasteiger partial charge >= 0.3 is 5.97 Å². The van der Waals surface area contributed by atoms with Crippen molar-refractivity contribution in [3.63, 3.8) is 0 Å². The number of anilines is 1. The molecule has 1 aliphatic heterocycles. The van der Waals surface area contributed by atoms with Crippen LogP contribution < -0.4 is 5.32 Å². The summed E-state index contributed by atoms with van der Waals surface area (Å²) in [5, 5.41) is 13.4. The number of nitriles is 1. The zero-order valence-corrected chi connectivity index (χ0v) is 16.2. The highest BCUT2D eigenvalue weighted by Gasteiger charge is 2.30. The van der Waals surface area contributed by atoms with Crippen molar-refractivity contribution in [1.82, 2.24) is 0 Å². The van der Waals surface area contributed by atoms with Gasteiger partial charge in [0.2, 0.25) is 0 Å². The van der Waals surface area contributed by atoms with Gasteiger partial charge in [0, 0.05) is 17.0 Å². The number of esters is 1. The van der Waals surface area contributed by atoms with E-state index in [-0.39, 0.29) is 23.8 Å². The Kier molecular flexibility index (Phi) is 6.67. The number of ether oxygens (including phenoxy) is 1. The number of thiocyanates is 1. The Labute approximate surface area is 157 Å². The van der Waals surface area contributed by atoms with Crippen molar-refractivity contribution >= 4 is 39.2 Å². The molecule has 0 aliphatic carbocycles. The molecule has 1 aliphatic rings. The maximum atomic E-state index is 12.0. The zero-order chi connectivity index (χ0) is 19.3. The molecule has 0 saturated carbocycles. The molecule has 7 nitrogen and oxygen atoms in total. The van der Waals surface area contributed by atoms with Crippen LogP contribution in [0.25, 0.3) is 0 Å². The number of nitrogens with zero attached hydrogens (tertiary/aromatic N) is 1. The minimum Gasteiger partial charge on any atom is -0.456 e. The largest absolute Gasteiger partial charge is 0.456 e. The second kappa shape index (κ2) is 8.56. The standard InChI is InChI=1S/C17H20N2O5S2/c1-11-5-14(25-10-18)6-12(2)17(11)19-15(20)8-24-16(21)7-13-3-4-26(22,23)9-13/h5-6,13H,3-4,7-9H2,1-2H3,(H,19,20)/t13-/m0/s1. The Morgan fingerprint density at radius 2 is 2.00 bits per heavy atom. The summed E-state index contributed by atoms with van der Waals surface area (Å²) in [6.45, 7) is 3.21. The number of amides is 1. The van der Waals surface area contributed by atoms with E-state index in [1.54, 1.807) is 12.1 Å². The number of benzene rings is 1. The average Bonchev–Trinajstić information content (AvgIpc) is 2.88. The Morgan fingerprint density at radius 1 is 1.35 bits per heavy atom. The van der Waals surface area contributed by atoms with Crippen LogP contribution in [0, 0.1) is 30.4 Å². The van der Waals surface area contributed by atoms with Crippen LogP contribution in [0.1, 0.15) is 24.0 Å². The molecular weight excluding hydrogens is 376 g/mol. The van der Waals surface area contributed by atoms with Crippen LogP contribution in [-0.2, 0) is 24.2 Å². The van der Waals surface area contributed by atoms with Gasteiger partial charge in [-0.2, -0.15) is 5.26 Å². The summed E-state index contributed by atoms with van der Waals surface area (Å²) in [7, 11) is -3.04. The predicted octanol–water partition coefficient (Wildman–Crippen LogP) is 2.18. The molecular formula is C17H20N2O5S2. The maximum Gasteiger partial charge on any atom is 0.306 e. The molecule has 2 rings (SSSR count). The molecule has 0 bridgehead atoms. The van der Waals surface area contributed by atoms with Gasteiger partial charge in [-0.1, -0.05) is 0 Å². The lowest BCUT2D eigenvalue weighted by atomic mass is 10.1. The van der Waals surface area contributed by atoms with E-state index in [1.165, 1.54) is 0 Å². The quantitative estimate of drug-likeness (QED) is 0.445. The molecule has 1 amide bonds. The van der Waals surface area contributed by atoms with E-state index in [0.29, 0.717) is 12.1 Å². The van der Waals surface area contributed by atoms with Crippen LogP contribution in [0.2, 0.25) is 0 Å². The van der Waals surface area contributed by atoms with Crippen LogP contribution in [-0.4, -0.2) is 38.4 Å². The number of nitrogens with one attached hydrogen (secondary N) is 1. The smallest absolute Gasteiger partial charge is 0.306 e. The van der Waals surface area contributed by atoms with Crippen LogP contribution >= 0.6 is 11.8 Å². The number of sulfone groups is 1. The molecule has 0 unspecified atom stereocenters. The summed E-state index contributed by atoms with van der Waals surface area (Å²) >= 11 is 1.04. The van der Waals surface area contributed by atoms with Crippen molar-refractivity contribution < 1.29 is 22.7 Å². The van der Waals surface area contributed by atoms with E-state index in [1.807, 2.05) is 19.2 Å². The molecule has 1 aromatic carbocycles. The molecule has 0 aromatic heterocycles. The van der Waals surface area contributed by atoms with Gasteiger partial charge in [-0.25, -0.2) is 8.42 Å². The number of carbonyl (C=O) groups excluding carboxylic acids is 2. The zero-order valence-electron chi connectivity index (χ0n) is 14.6. The number of rotatable bonds is 6. The van der Waals surface area contributed by atoms with E-state index in [0.717, 1.165) is 27.8 Å². The Morgan fingerprint density at radius 3 is 2.54 bits per heavy atom. The number of hydrogen-bond donors (Lipinski definition) is 1. The molecule has 26 heavy (non-hydrogen) atoms. The number of aryl methyl sites for hydroxylation is 2. The summed E-state index contributed by atoms with van der Waals surface area (Å²) in [6.07, 6.45) is 0.458. The van der Waals surface area contributed by atoms with E-state index >= 15 is 0 Å². The molecule has 140 valence electrons. The van der Waals surface area contributed by atoms with Gasteiger partial charge in [0.05, 0.1) is 11.5 Å². The summed E-state index contributed by atoms with van der Waals surface area (Å²) in [4.78, 5) is 24.6. The minimum absolute atomic E-state index is 0.000254. The molecule has 0 spiro atoms. The van der Waals surface area contributed by atoms with Gasteiger partial charge in [-0.3, -0.25) is 9.59 Å². The molecule has 1 fully saturated rings. The molecule has 1 atom stereocenters. The number of hydrogen-bond acceptors (Lipinski definition) is 7. The fraction of sp³-hybridized carbons (Fsp3) is 0.471. The van der Waals surface area contributed by atoms with Gasteiger partial charge < -0.3 is 10.1 Å². The van der Waals surface area contributed by atoms with E-state index in [4.69, 9.17) is 10.00 Å². The van der Waals surface area contributed by atoms with Crippen molar-refractivity contribution in [3.05, 3.63) is 23.3 Å². The molecule has 1 heterocycles. The molecule has 1 saturated heterocycles. The first-order valence-electron chi connectivity index (χ1n) is 8.03. The van der Waals surface area contributed by atoms with Crippen LogP contribution in [0.5, 0.6) is 0 Å². The lowest BCUT2D eigenvalue weighted by Gasteiger charge is -2.13. The maximum absolute atomic E-state index is 12.0. The first kappa shape index (κ1) is 20.3. The second-order valence-corrected chi connectivity index (χ2v) is 9.39. The third-order valence-corrected chi connectivity index (χ3v) is 6.48. The minimum atomic E-state index is -3.04. The van der Waals surface area contributed by atoms with Gasteiger partial charge in [0.15, 0.2) is 16.4 Å². The van der Waals surface area contributed by atoms with Crippen molar-refractivity contribution in [2.24, 2.45) is 5.92 Å². The number of carbonyl (C=O) groups is 2. The number of thioether (sulfide) groups is 1. The summed E-state index contributed by atoms with van der Waals surface area (Å²) in [5.41, 5.74) is 2.23. The second-order valence-electron chi connectivity index (χ2n) is 6.31. The fourth-order valence-corrected chi connectivity index (χ4v) is 5.32. The fourth-order valence-electron chi connectivity index (χ4n) is 2.88. The average molecular weight is 396 g/mol. The van der Waals surface area contributed by atoms with E-state index in [9.17, 15) is 18.0 Å². The Hall–Kier alpha value is -2.05. The summed E-state index contributed by atoms with van der Waals surface area (Å²) < 4.78 is 27.7. The van der Waals surface area contributed by atoms with Gasteiger partial charge in [-0.05, 0) is 61.2 Å². The Bertz CT molecular complexity index is 835. The first-order valence-corrected chi connectivity index (χ1v) is 10.7. The SMILES string of the molecule is Cc1cc(SC#N)cc(C)c1NC(=O)COC(=O)C[C@@H]1CCS(=O)(=O)C1. The predicted molar refractivity (Wildman–Crippen MR) is 98.4 cm³/mol. The molecule has 1 N–H and O–H groups in total. The van der Waals surface area contributed by atoms with Crippen LogP contribution in [0.15, 0.2) is 17.0 Å². The van der Waals surface area contributed by atoms with Gasteiger partial charge in [0.25, 0.3) is 5.91 Å². The highest BCUT2D eigenvalue weighted by molar-refractivity contribution is 8.03. The van der Waals surface area contributed by atoms with Crippen LogP contribution in [0.3, 0.4) is 0 Å². The van der Waals surface area contributed by atoms with Crippen molar-refractivity contribution in [2.45, 2.75) is 31.6 Å². The molecule has 9 heteroatoms. The van der Waals surface area contributed by atoms with Crippen molar-refractivity contribution in [2.75, 3.05) is 23.4 Å². The van der Waals surface area contributed by atoms with E-state index < -0.39 is 28.3 Å². The van der Waals surface area contributed by atoms with Crippen molar-refractivity contribution in [1.29, 1.82) is 5.26 Å². The highest BCUT2D eigenvalue weighted by atomic mass is 32.2. The third kappa shape index (κ3) is 5.75. The molecule has 0 radical (unpaired) electrons. The van der Waals surface area contributed by atoms with Gasteiger partial charge in [-0.15, -0.1) is 0 Å². The lowest BCUT2D eigenvalue weighted by molar-refractivity contribution is -0.148. The normalized spacial score (nSPS) is 18.1. The topological polar surface area (TPSA) is 113 Å². The monoisotopic (exact) mass is 396 g/mol. The first-order chi connectivity index (χ1) is 12.2. The van der Waals surface area contributed by atoms with E-state index in [2.05, 4.69) is 5.32 Å². The van der Waals surface area contributed by atoms with Crippen molar-refractivity contribution in [3.8, 4) is 5.40 Å². The summed E-state index contributed by atoms with van der Waals surface area (Å²) in [6, 6.07) is 3.59. The Balaban J connectivity index is 1.85. The van der Waals surface area contributed by atoms with Crippen LogP contribution in [0.4, 0.5) is 5.69 Å². The highest BCUT2D eigenvalue weighted by Crippen LogP contribution is 2.27. The van der Waals surface area contributed by atoms with Gasteiger partial charge in [0.1, 0.15) is 5.40 Å². The summed E-state index contributed by atoms with van der Waals surface area (Å²) in [5.74, 6) is -1.17.